The van der Waals surface area contributed by atoms with E-state index in [9.17, 15) is 20.0 Å². The van der Waals surface area contributed by atoms with Crippen molar-refractivity contribution >= 4 is 28.2 Å². The predicted octanol–water partition coefficient (Wildman–Crippen LogP) is 4.75. The largest absolute Gasteiger partial charge is 0.465 e. The van der Waals surface area contributed by atoms with Crippen molar-refractivity contribution in [2.45, 2.75) is 70.5 Å². The summed E-state index contributed by atoms with van der Waals surface area (Å²) >= 11 is 0. The zero-order valence-electron chi connectivity index (χ0n) is 22.0. The number of hydrogen-bond donors (Lipinski definition) is 1. The topological polar surface area (TPSA) is 122 Å². The molecule has 4 aromatic rings. The summed E-state index contributed by atoms with van der Waals surface area (Å²) in [5, 5.41) is 19.6. The molecule has 0 bridgehead atoms. The summed E-state index contributed by atoms with van der Waals surface area (Å²) in [5.74, 6) is 0.829. The van der Waals surface area contributed by atoms with Crippen molar-refractivity contribution in [3.63, 3.8) is 0 Å². The minimum Gasteiger partial charge on any atom is -0.465 e. The van der Waals surface area contributed by atoms with E-state index in [4.69, 9.17) is 0 Å². The first-order chi connectivity index (χ1) is 19.0. The highest BCUT2D eigenvalue weighted by molar-refractivity contribution is 5.78. The van der Waals surface area contributed by atoms with E-state index in [0.717, 1.165) is 40.7 Å². The Morgan fingerprint density at radius 3 is 2.51 bits per heavy atom. The highest BCUT2D eigenvalue weighted by Gasteiger charge is 2.27. The molecule has 0 atom stereocenters. The van der Waals surface area contributed by atoms with Crippen molar-refractivity contribution in [3.8, 4) is 6.07 Å². The third kappa shape index (κ3) is 4.78. The molecule has 2 aliphatic rings. The van der Waals surface area contributed by atoms with Crippen LogP contribution in [-0.4, -0.2) is 52.9 Å². The second-order valence-corrected chi connectivity index (χ2v) is 10.9. The maximum atomic E-state index is 14.0. The molecule has 10 nitrogen and oxygen atoms in total. The van der Waals surface area contributed by atoms with E-state index < -0.39 is 6.09 Å². The van der Waals surface area contributed by atoms with Crippen molar-refractivity contribution in [1.82, 2.24) is 28.6 Å². The highest BCUT2D eigenvalue weighted by Crippen LogP contribution is 2.29. The van der Waals surface area contributed by atoms with Crippen LogP contribution in [0.4, 0.5) is 4.79 Å². The number of amides is 1. The van der Waals surface area contributed by atoms with Gasteiger partial charge in [-0.3, -0.25) is 9.13 Å². The molecule has 1 aliphatic heterocycles. The summed E-state index contributed by atoms with van der Waals surface area (Å²) in [7, 11) is 0. The SMILES string of the molecule is N#Cc1ncc2cc(Cn3c(=O)n(C4CCN(C(=O)O)CC4)c4ccccc43)n(CCC3CCCCC3)c2n1. The Labute approximate surface area is 226 Å². The predicted molar refractivity (Wildman–Crippen MR) is 147 cm³/mol. The summed E-state index contributed by atoms with van der Waals surface area (Å²) in [6.45, 7) is 2.00. The molecule has 6 rings (SSSR count). The number of aryl methyl sites for hydroxylation is 1. The van der Waals surface area contributed by atoms with Crippen LogP contribution >= 0.6 is 0 Å². The van der Waals surface area contributed by atoms with Gasteiger partial charge < -0.3 is 14.6 Å². The number of carbonyl (C=O) groups is 1. The number of fused-ring (bicyclic) bond motifs is 2. The molecule has 0 spiro atoms. The van der Waals surface area contributed by atoms with E-state index in [1.807, 2.05) is 39.5 Å². The van der Waals surface area contributed by atoms with Gasteiger partial charge in [0.15, 0.2) is 0 Å². The highest BCUT2D eigenvalue weighted by atomic mass is 16.4. The monoisotopic (exact) mass is 527 g/mol. The van der Waals surface area contributed by atoms with Crippen molar-refractivity contribution in [2.75, 3.05) is 13.1 Å². The number of aromatic nitrogens is 5. The quantitative estimate of drug-likeness (QED) is 0.386. The van der Waals surface area contributed by atoms with Gasteiger partial charge in [-0.1, -0.05) is 44.2 Å². The maximum Gasteiger partial charge on any atom is 0.407 e. The minimum atomic E-state index is -0.910. The molecule has 2 fully saturated rings. The standard InChI is InChI=1S/C29H33N7O3/c30-17-26-31-18-21-16-23(34(27(21)32-26)15-10-20-6-2-1-3-7-20)19-35-24-8-4-5-9-25(24)36(28(35)37)22-11-13-33(14-12-22)29(38)39/h4-5,8-9,16,18,20,22H,1-3,6-7,10-15,19H2,(H,38,39). The average molecular weight is 528 g/mol. The second kappa shape index (κ2) is 10.6. The number of rotatable bonds is 6. The molecule has 39 heavy (non-hydrogen) atoms. The second-order valence-electron chi connectivity index (χ2n) is 10.9. The van der Waals surface area contributed by atoms with Crippen LogP contribution in [0.5, 0.6) is 0 Å². The normalized spacial score (nSPS) is 17.2. The number of carboxylic acid groups (broad SMARTS) is 1. The number of benzene rings is 1. The van der Waals surface area contributed by atoms with Crippen LogP contribution in [0.15, 0.2) is 41.3 Å². The summed E-state index contributed by atoms with van der Waals surface area (Å²) in [6.07, 6.45) is 9.42. The number of para-hydroxylation sites is 2. The zero-order chi connectivity index (χ0) is 26.9. The molecule has 1 saturated heterocycles. The summed E-state index contributed by atoms with van der Waals surface area (Å²) in [4.78, 5) is 35.5. The number of nitrogens with zero attached hydrogens (tertiary/aromatic N) is 7. The lowest BCUT2D eigenvalue weighted by molar-refractivity contribution is 0.125. The molecule has 1 N–H and O–H groups in total. The van der Waals surface area contributed by atoms with E-state index in [1.165, 1.54) is 37.0 Å². The smallest absolute Gasteiger partial charge is 0.407 e. The molecule has 1 aliphatic carbocycles. The Kier molecular flexibility index (Phi) is 6.81. The fourth-order valence-corrected chi connectivity index (χ4v) is 6.53. The van der Waals surface area contributed by atoms with Gasteiger partial charge in [0.1, 0.15) is 11.7 Å². The van der Waals surface area contributed by atoms with Gasteiger partial charge in [-0.15, -0.1) is 0 Å². The summed E-state index contributed by atoms with van der Waals surface area (Å²) in [5.41, 5.74) is 3.35. The first-order valence-corrected chi connectivity index (χ1v) is 14.0. The third-order valence-corrected chi connectivity index (χ3v) is 8.60. The Balaban J connectivity index is 1.38. The molecule has 4 heterocycles. The number of piperidine rings is 1. The molecular formula is C29H33N7O3. The number of nitriles is 1. The molecule has 0 unspecified atom stereocenters. The van der Waals surface area contributed by atoms with Gasteiger partial charge in [0.05, 0.1) is 17.6 Å². The van der Waals surface area contributed by atoms with Gasteiger partial charge >= 0.3 is 11.8 Å². The lowest BCUT2D eigenvalue weighted by Gasteiger charge is -2.30. The van der Waals surface area contributed by atoms with Gasteiger partial charge in [-0.05, 0) is 43.4 Å². The number of likely N-dealkylation sites (tertiary alicyclic amines) is 1. The van der Waals surface area contributed by atoms with Crippen LogP contribution in [0.25, 0.3) is 22.1 Å². The third-order valence-electron chi connectivity index (χ3n) is 8.60. The number of imidazole rings is 1. The Morgan fingerprint density at radius 2 is 1.79 bits per heavy atom. The molecule has 0 radical (unpaired) electrons. The average Bonchev–Trinajstić information content (AvgIpc) is 3.45. The molecule has 202 valence electrons. The first kappa shape index (κ1) is 25.2. The Hall–Kier alpha value is -4.13. The van der Waals surface area contributed by atoms with E-state index in [1.54, 1.807) is 6.20 Å². The van der Waals surface area contributed by atoms with Crippen molar-refractivity contribution in [1.29, 1.82) is 5.26 Å². The summed E-state index contributed by atoms with van der Waals surface area (Å²) in [6, 6.07) is 11.9. The molecule has 3 aromatic heterocycles. The van der Waals surface area contributed by atoms with Crippen LogP contribution in [0, 0.1) is 17.2 Å². The Bertz CT molecular complexity index is 1610. The van der Waals surface area contributed by atoms with Crippen LogP contribution in [-0.2, 0) is 13.1 Å². The maximum absolute atomic E-state index is 14.0. The van der Waals surface area contributed by atoms with Gasteiger partial charge in [-0.25, -0.2) is 19.6 Å². The van der Waals surface area contributed by atoms with Gasteiger partial charge in [0, 0.05) is 43.0 Å². The fourth-order valence-electron chi connectivity index (χ4n) is 6.53. The zero-order valence-corrected chi connectivity index (χ0v) is 22.0. The van der Waals surface area contributed by atoms with E-state index in [2.05, 4.69) is 20.6 Å². The van der Waals surface area contributed by atoms with Crippen LogP contribution < -0.4 is 5.69 Å². The van der Waals surface area contributed by atoms with Crippen molar-refractivity contribution in [2.24, 2.45) is 5.92 Å². The van der Waals surface area contributed by atoms with Gasteiger partial charge in [0.2, 0.25) is 5.82 Å². The van der Waals surface area contributed by atoms with E-state index >= 15 is 0 Å². The Morgan fingerprint density at radius 1 is 1.05 bits per heavy atom. The van der Waals surface area contributed by atoms with Crippen LogP contribution in [0.1, 0.15) is 68.9 Å². The first-order valence-electron chi connectivity index (χ1n) is 14.0. The van der Waals surface area contributed by atoms with Crippen LogP contribution in [0.2, 0.25) is 0 Å². The lowest BCUT2D eigenvalue weighted by atomic mass is 9.87. The molecule has 1 amide bonds. The van der Waals surface area contributed by atoms with E-state index in [-0.39, 0.29) is 17.6 Å². The van der Waals surface area contributed by atoms with Crippen molar-refractivity contribution < 1.29 is 9.90 Å². The summed E-state index contributed by atoms with van der Waals surface area (Å²) < 4.78 is 5.86. The molecule has 10 heteroatoms. The fraction of sp³-hybridized carbons (Fsp3) is 0.483. The van der Waals surface area contributed by atoms with Crippen LogP contribution in [0.3, 0.4) is 0 Å². The van der Waals surface area contributed by atoms with Gasteiger partial charge in [0.25, 0.3) is 0 Å². The van der Waals surface area contributed by atoms with Gasteiger partial charge in [-0.2, -0.15) is 5.26 Å². The van der Waals surface area contributed by atoms with Crippen molar-refractivity contribution in [3.05, 3.63) is 58.5 Å². The number of hydrogen-bond acceptors (Lipinski definition) is 5. The minimum absolute atomic E-state index is 0.0551. The van der Waals surface area contributed by atoms with E-state index in [0.29, 0.717) is 38.4 Å². The molecule has 1 aromatic carbocycles. The molecular weight excluding hydrogens is 494 g/mol. The lowest BCUT2D eigenvalue weighted by Crippen LogP contribution is -2.40. The molecule has 1 saturated carbocycles.